The molecule has 0 fully saturated rings. The van der Waals surface area contributed by atoms with Crippen LogP contribution < -0.4 is 51.4 Å². The van der Waals surface area contributed by atoms with Crippen molar-refractivity contribution in [2.45, 2.75) is 13.8 Å². The van der Waals surface area contributed by atoms with E-state index in [1.807, 2.05) is 13.8 Å². The Labute approximate surface area is 108 Å². The van der Waals surface area contributed by atoms with E-state index in [1.54, 1.807) is 0 Å². The Balaban J connectivity index is 0. The molecule has 0 bridgehead atoms. The second kappa shape index (κ2) is 8.81. The Bertz CT molecular complexity index is 172. The molecule has 0 unspecified atom stereocenters. The van der Waals surface area contributed by atoms with Crippen LogP contribution in [0.5, 0.6) is 0 Å². The third-order valence-electron chi connectivity index (χ3n) is 0.728. The van der Waals surface area contributed by atoms with Crippen molar-refractivity contribution in [2.24, 2.45) is 0 Å². The molecule has 56 valence electrons. The summed E-state index contributed by atoms with van der Waals surface area (Å²) in [6, 6.07) is 5.28. The van der Waals surface area contributed by atoms with Crippen LogP contribution >= 0.6 is 0 Å². The summed E-state index contributed by atoms with van der Waals surface area (Å²) < 4.78 is 23.8. The van der Waals surface area contributed by atoms with E-state index >= 15 is 0 Å². The fourth-order valence-corrected chi connectivity index (χ4v) is 0.412. The molecule has 0 spiro atoms. The molecule has 0 aromatic heterocycles. The van der Waals surface area contributed by atoms with Crippen molar-refractivity contribution in [3.8, 4) is 0 Å². The van der Waals surface area contributed by atoms with Gasteiger partial charge in [0.15, 0.2) is 0 Å². The molecule has 0 aliphatic heterocycles. The number of rotatable bonds is 0. The Hall–Kier alpha value is 0.716. The van der Waals surface area contributed by atoms with Gasteiger partial charge < -0.3 is 0 Å². The fourth-order valence-electron chi connectivity index (χ4n) is 0.412. The second-order valence-corrected chi connectivity index (χ2v) is 1.35. The van der Waals surface area contributed by atoms with Gasteiger partial charge in [-0.05, 0) is 0 Å². The number of halogens is 2. The van der Waals surface area contributed by atoms with Crippen molar-refractivity contribution in [1.29, 1.82) is 0 Å². The molecule has 0 atom stereocenters. The molecule has 1 aromatic rings. The van der Waals surface area contributed by atoms with Crippen LogP contribution in [-0.2, 0) is 0 Å². The number of hydrogen-bond acceptors (Lipinski definition) is 0. The molecule has 0 aliphatic rings. The summed E-state index contributed by atoms with van der Waals surface area (Å²) in [6.45, 7) is 4.00. The van der Waals surface area contributed by atoms with Crippen LogP contribution in [0.3, 0.4) is 0 Å². The van der Waals surface area contributed by atoms with Crippen LogP contribution in [0.4, 0.5) is 8.78 Å². The third-order valence-corrected chi connectivity index (χ3v) is 0.728. The van der Waals surface area contributed by atoms with Gasteiger partial charge in [-0.1, -0.05) is 13.8 Å². The van der Waals surface area contributed by atoms with Crippen molar-refractivity contribution >= 4 is 0 Å². The second-order valence-electron chi connectivity index (χ2n) is 1.35. The molecule has 0 N–H and O–H groups in total. The van der Waals surface area contributed by atoms with E-state index in [0.29, 0.717) is 0 Å². The predicted octanol–water partition coefficient (Wildman–Crippen LogP) is -0.205. The predicted molar refractivity (Wildman–Crippen MR) is 36.5 cm³/mol. The smallest absolute Gasteiger partial charge is 0.236 e. The quantitative estimate of drug-likeness (QED) is 0.385. The van der Waals surface area contributed by atoms with E-state index in [1.165, 1.54) is 6.07 Å². The van der Waals surface area contributed by atoms with Gasteiger partial charge in [-0.2, -0.15) is 6.07 Å². The van der Waals surface area contributed by atoms with E-state index < -0.39 is 11.6 Å². The number of hydrogen-bond donors (Lipinski definition) is 0. The van der Waals surface area contributed by atoms with Crippen LogP contribution in [0, 0.1) is 17.7 Å². The fraction of sp³-hybridized carbons (Fsp3) is 0.250. The van der Waals surface area contributed by atoms with Gasteiger partial charge in [-0.3, -0.25) is 0 Å². The number of benzene rings is 1. The summed E-state index contributed by atoms with van der Waals surface area (Å²) in [6.07, 6.45) is 0. The molecule has 3 heteroatoms. The van der Waals surface area contributed by atoms with Gasteiger partial charge in [0.25, 0.3) is 0 Å². The maximum Gasteiger partial charge on any atom is 1.00 e. The van der Waals surface area contributed by atoms with E-state index in [0.717, 1.165) is 12.1 Å². The molecule has 0 heterocycles. The van der Waals surface area contributed by atoms with Crippen LogP contribution in [0.15, 0.2) is 18.2 Å². The molecule has 0 amide bonds. The summed E-state index contributed by atoms with van der Waals surface area (Å²) in [4.78, 5) is 0. The summed E-state index contributed by atoms with van der Waals surface area (Å²) in [5.74, 6) is -1.23. The zero-order valence-corrected chi connectivity index (χ0v) is 10.1. The van der Waals surface area contributed by atoms with Crippen molar-refractivity contribution in [3.63, 3.8) is 0 Å². The standard InChI is InChI=1S/C6H3F2.C2H6.K/c7-5-2-1-3-6(8)4-5;1-2;/h1-2,4H;1-2H3;/q-1;;+1. The third kappa shape index (κ3) is 7.09. The molecular formula is C8H9F2K. The first kappa shape index (κ1) is 14.3. The van der Waals surface area contributed by atoms with Crippen molar-refractivity contribution in [3.05, 3.63) is 35.9 Å². The summed E-state index contributed by atoms with van der Waals surface area (Å²) >= 11 is 0. The van der Waals surface area contributed by atoms with E-state index in [4.69, 9.17) is 0 Å². The molecule has 1 aromatic carbocycles. The van der Waals surface area contributed by atoms with E-state index in [2.05, 4.69) is 6.07 Å². The van der Waals surface area contributed by atoms with Gasteiger partial charge >= 0.3 is 51.4 Å². The topological polar surface area (TPSA) is 0 Å². The molecule has 0 nitrogen and oxygen atoms in total. The van der Waals surface area contributed by atoms with Crippen molar-refractivity contribution in [2.75, 3.05) is 0 Å². The molecule has 1 rings (SSSR count). The van der Waals surface area contributed by atoms with E-state index in [-0.39, 0.29) is 51.4 Å². The van der Waals surface area contributed by atoms with Crippen molar-refractivity contribution < 1.29 is 60.2 Å². The monoisotopic (exact) mass is 182 g/mol. The SMILES string of the molecule is CC.Fc1[c-]ccc(F)c1.[K+]. The first-order chi connectivity index (χ1) is 4.79. The first-order valence-corrected chi connectivity index (χ1v) is 3.12. The van der Waals surface area contributed by atoms with Crippen LogP contribution in [0.2, 0.25) is 0 Å². The first-order valence-electron chi connectivity index (χ1n) is 3.12. The zero-order chi connectivity index (χ0) is 7.98. The van der Waals surface area contributed by atoms with Crippen molar-refractivity contribution in [1.82, 2.24) is 0 Å². The summed E-state index contributed by atoms with van der Waals surface area (Å²) in [5.41, 5.74) is 0. The minimum Gasteiger partial charge on any atom is -0.236 e. The Morgan fingerprint density at radius 3 is 2.09 bits per heavy atom. The van der Waals surface area contributed by atoms with Crippen LogP contribution in [-0.4, -0.2) is 0 Å². The molecule has 0 aliphatic carbocycles. The molecule has 0 radical (unpaired) electrons. The van der Waals surface area contributed by atoms with Gasteiger partial charge in [-0.15, -0.1) is 18.2 Å². The molecule has 0 saturated heterocycles. The minimum absolute atomic E-state index is 0. The van der Waals surface area contributed by atoms with Gasteiger partial charge in [0.1, 0.15) is 0 Å². The normalized spacial score (nSPS) is 7.27. The van der Waals surface area contributed by atoms with Crippen LogP contribution in [0.1, 0.15) is 13.8 Å². The molecule has 11 heavy (non-hydrogen) atoms. The zero-order valence-electron chi connectivity index (χ0n) is 6.99. The van der Waals surface area contributed by atoms with Gasteiger partial charge in [-0.25, -0.2) is 8.78 Å². The maximum absolute atomic E-state index is 11.9. The minimum atomic E-state index is -0.662. The van der Waals surface area contributed by atoms with E-state index in [9.17, 15) is 8.78 Å². The Kier molecular flexibility index (Phi) is 11.4. The average molecular weight is 182 g/mol. The van der Waals surface area contributed by atoms with Crippen LogP contribution in [0.25, 0.3) is 0 Å². The maximum atomic E-state index is 11.9. The molecule has 0 saturated carbocycles. The van der Waals surface area contributed by atoms with Gasteiger partial charge in [0.05, 0.1) is 0 Å². The van der Waals surface area contributed by atoms with Gasteiger partial charge in [0, 0.05) is 11.6 Å². The summed E-state index contributed by atoms with van der Waals surface area (Å²) in [7, 11) is 0. The Morgan fingerprint density at radius 2 is 1.82 bits per heavy atom. The van der Waals surface area contributed by atoms with Gasteiger partial charge in [0.2, 0.25) is 0 Å². The Morgan fingerprint density at radius 1 is 1.27 bits per heavy atom. The molecular weight excluding hydrogens is 173 g/mol. The largest absolute Gasteiger partial charge is 1.00 e. The summed E-state index contributed by atoms with van der Waals surface area (Å²) in [5, 5.41) is 0. The average Bonchev–Trinajstić information content (AvgIpc) is 1.91.